The molecule has 1 amide bonds. The summed E-state index contributed by atoms with van der Waals surface area (Å²) in [7, 11) is 0. The lowest BCUT2D eigenvalue weighted by atomic mass is 9.73. The zero-order valence-electron chi connectivity index (χ0n) is 21.5. The molecule has 34 heavy (non-hydrogen) atoms. The van der Waals surface area contributed by atoms with Crippen molar-refractivity contribution < 1.29 is 19.8 Å². The number of rotatable bonds is 2. The van der Waals surface area contributed by atoms with Crippen molar-refractivity contribution >= 4 is 29.1 Å². The van der Waals surface area contributed by atoms with Gasteiger partial charge in [-0.05, 0) is 51.2 Å². The Balaban J connectivity index is 2.38. The summed E-state index contributed by atoms with van der Waals surface area (Å²) in [5, 5.41) is 27.6. The summed E-state index contributed by atoms with van der Waals surface area (Å²) in [6, 6.07) is -0.267. The van der Waals surface area contributed by atoms with E-state index in [0.717, 1.165) is 21.8 Å². The second kappa shape index (κ2) is 12.0. The van der Waals surface area contributed by atoms with Crippen LogP contribution < -0.4 is 5.32 Å². The molecular weight excluding hydrogens is 448 g/mol. The number of amides is 1. The number of carbonyl (C=O) groups excluding carboxylic acids is 2. The molecule has 0 fully saturated rings. The number of aliphatic hydroxyl groups is 2. The number of aromatic nitrogens is 1. The molecule has 3 N–H and O–H groups in total. The van der Waals surface area contributed by atoms with Crippen molar-refractivity contribution in [2.45, 2.75) is 86.0 Å². The van der Waals surface area contributed by atoms with E-state index in [-0.39, 0.29) is 30.1 Å². The van der Waals surface area contributed by atoms with Gasteiger partial charge in [-0.25, -0.2) is 4.98 Å². The molecule has 0 saturated heterocycles. The molecule has 2 heterocycles. The smallest absolute Gasteiger partial charge is 0.223 e. The quantitative estimate of drug-likeness (QED) is 0.564. The standard InChI is InChI=1S/C27H40N2O4S/c1-16-9-8-10-17(2)25(32)19(4)26(33)27(6,7)23(30)14-24(31)29-22(12-11-16)18(3)13-21-15-34-20(5)28-21/h8-9,11,13,15,17,19,22-23,25,30,32H,10,12,14H2,1-7H3,(H,29,31)/b9-8+,16-11+,18-13+/t17-,19+,22-,23-,25-/m0/s1. The first kappa shape index (κ1) is 28.1. The van der Waals surface area contributed by atoms with Gasteiger partial charge in [0.2, 0.25) is 5.91 Å². The van der Waals surface area contributed by atoms with Crippen LogP contribution in [0.15, 0.2) is 34.8 Å². The number of nitrogens with one attached hydrogen (secondary N) is 1. The number of allylic oxidation sites excluding steroid dienone is 3. The molecule has 0 saturated carbocycles. The Morgan fingerprint density at radius 2 is 1.88 bits per heavy atom. The van der Waals surface area contributed by atoms with E-state index in [0.29, 0.717) is 12.8 Å². The summed E-state index contributed by atoms with van der Waals surface area (Å²) >= 11 is 1.57. The number of aryl methyl sites for hydroxylation is 1. The third-order valence-electron chi connectivity index (χ3n) is 6.82. The maximum absolute atomic E-state index is 13.2. The van der Waals surface area contributed by atoms with Gasteiger partial charge in [0, 0.05) is 11.3 Å². The number of thiazole rings is 1. The van der Waals surface area contributed by atoms with Crippen LogP contribution in [-0.4, -0.2) is 45.1 Å². The van der Waals surface area contributed by atoms with E-state index in [1.807, 2.05) is 51.3 Å². The van der Waals surface area contributed by atoms with Crippen molar-refractivity contribution in [2.75, 3.05) is 0 Å². The van der Waals surface area contributed by atoms with Gasteiger partial charge < -0.3 is 15.5 Å². The highest BCUT2D eigenvalue weighted by atomic mass is 32.1. The first-order valence-corrected chi connectivity index (χ1v) is 12.8. The van der Waals surface area contributed by atoms with Gasteiger partial charge in [-0.2, -0.15) is 0 Å². The lowest BCUT2D eigenvalue weighted by Crippen LogP contribution is -2.47. The first-order chi connectivity index (χ1) is 15.8. The van der Waals surface area contributed by atoms with E-state index in [1.54, 1.807) is 32.1 Å². The SMILES string of the molecule is CC1=C\C[C@@H](/C(C)=C/c2csc(C)n2)NC(=O)C[C@H](O)C(C)(C)C(=O)[C@H](C)[C@@H](O)[C@@H](C)C\C=C\1. The number of carbonyl (C=O) groups is 2. The van der Waals surface area contributed by atoms with Crippen molar-refractivity contribution in [1.29, 1.82) is 0 Å². The summed E-state index contributed by atoms with van der Waals surface area (Å²) in [6.07, 6.45) is 7.09. The predicted octanol–water partition coefficient (Wildman–Crippen LogP) is 4.62. The van der Waals surface area contributed by atoms with E-state index in [4.69, 9.17) is 0 Å². The fourth-order valence-corrected chi connectivity index (χ4v) is 4.77. The summed E-state index contributed by atoms with van der Waals surface area (Å²) in [5.74, 6) is -1.34. The van der Waals surface area contributed by atoms with Crippen molar-refractivity contribution in [3.05, 3.63) is 45.5 Å². The zero-order chi connectivity index (χ0) is 25.6. The van der Waals surface area contributed by atoms with Crippen LogP contribution in [0.5, 0.6) is 0 Å². The average Bonchev–Trinajstić information content (AvgIpc) is 3.18. The van der Waals surface area contributed by atoms with Gasteiger partial charge in [-0.15, -0.1) is 11.3 Å². The lowest BCUT2D eigenvalue weighted by Gasteiger charge is -2.34. The second-order valence-corrected chi connectivity index (χ2v) is 11.2. The zero-order valence-corrected chi connectivity index (χ0v) is 22.3. The molecular formula is C27H40N2O4S. The third kappa shape index (κ3) is 7.45. The van der Waals surface area contributed by atoms with E-state index >= 15 is 0 Å². The minimum Gasteiger partial charge on any atom is -0.392 e. The molecule has 0 aliphatic carbocycles. The van der Waals surface area contributed by atoms with Crippen LogP contribution in [0.1, 0.15) is 71.5 Å². The molecule has 1 aromatic heterocycles. The van der Waals surface area contributed by atoms with Crippen LogP contribution in [-0.2, 0) is 9.59 Å². The van der Waals surface area contributed by atoms with Crippen LogP contribution in [0.25, 0.3) is 6.08 Å². The maximum Gasteiger partial charge on any atom is 0.223 e. The molecule has 1 aliphatic rings. The molecule has 1 aliphatic heterocycles. The molecule has 1 aromatic rings. The van der Waals surface area contributed by atoms with Crippen LogP contribution in [0.4, 0.5) is 0 Å². The Morgan fingerprint density at radius 1 is 1.21 bits per heavy atom. The summed E-state index contributed by atoms with van der Waals surface area (Å²) < 4.78 is 0. The minimum atomic E-state index is -1.17. The van der Waals surface area contributed by atoms with Gasteiger partial charge in [0.1, 0.15) is 5.78 Å². The van der Waals surface area contributed by atoms with Gasteiger partial charge in [0.05, 0.1) is 40.8 Å². The van der Waals surface area contributed by atoms with Crippen molar-refractivity contribution in [1.82, 2.24) is 10.3 Å². The number of hydrogen-bond donors (Lipinski definition) is 3. The largest absolute Gasteiger partial charge is 0.392 e. The summed E-state index contributed by atoms with van der Waals surface area (Å²) in [5.41, 5.74) is 1.70. The van der Waals surface area contributed by atoms with E-state index in [9.17, 15) is 19.8 Å². The minimum absolute atomic E-state index is 0.119. The van der Waals surface area contributed by atoms with Gasteiger partial charge in [0.25, 0.3) is 0 Å². The Bertz CT molecular complexity index is 960. The third-order valence-corrected chi connectivity index (χ3v) is 7.61. The number of aliphatic hydroxyl groups excluding tert-OH is 2. The van der Waals surface area contributed by atoms with Crippen molar-refractivity contribution in [2.24, 2.45) is 17.3 Å². The lowest BCUT2D eigenvalue weighted by molar-refractivity contribution is -0.143. The van der Waals surface area contributed by atoms with Gasteiger partial charge >= 0.3 is 0 Å². The summed E-state index contributed by atoms with van der Waals surface area (Å²) in [4.78, 5) is 30.6. The average molecular weight is 489 g/mol. The van der Waals surface area contributed by atoms with Crippen LogP contribution >= 0.6 is 11.3 Å². The molecule has 5 atom stereocenters. The Kier molecular flexibility index (Phi) is 9.97. The van der Waals surface area contributed by atoms with Gasteiger partial charge in [-0.3, -0.25) is 9.59 Å². The topological polar surface area (TPSA) is 99.5 Å². The van der Waals surface area contributed by atoms with E-state index < -0.39 is 23.5 Å². The van der Waals surface area contributed by atoms with Crippen molar-refractivity contribution in [3.8, 4) is 0 Å². The van der Waals surface area contributed by atoms with Gasteiger partial charge in [-0.1, -0.05) is 51.5 Å². The molecule has 188 valence electrons. The maximum atomic E-state index is 13.2. The molecule has 0 radical (unpaired) electrons. The molecule has 6 nitrogen and oxygen atoms in total. The highest BCUT2D eigenvalue weighted by molar-refractivity contribution is 7.09. The second-order valence-electron chi connectivity index (χ2n) is 10.2. The highest BCUT2D eigenvalue weighted by Gasteiger charge is 2.42. The fourth-order valence-electron chi connectivity index (χ4n) is 4.20. The number of Topliss-reactive ketones (excluding diaryl/α,β-unsaturated/α-hetero) is 1. The van der Waals surface area contributed by atoms with E-state index in [2.05, 4.69) is 16.4 Å². The van der Waals surface area contributed by atoms with Crippen LogP contribution in [0.2, 0.25) is 0 Å². The van der Waals surface area contributed by atoms with Gasteiger partial charge in [0.15, 0.2) is 0 Å². The molecule has 0 unspecified atom stereocenters. The van der Waals surface area contributed by atoms with Crippen molar-refractivity contribution in [3.63, 3.8) is 0 Å². The number of hydrogen-bond acceptors (Lipinski definition) is 6. The predicted molar refractivity (Wildman–Crippen MR) is 138 cm³/mol. The Morgan fingerprint density at radius 3 is 2.50 bits per heavy atom. The Hall–Kier alpha value is -2.09. The molecule has 2 rings (SSSR count). The molecule has 0 spiro atoms. The molecule has 0 aromatic carbocycles. The van der Waals surface area contributed by atoms with Crippen LogP contribution in [0.3, 0.4) is 0 Å². The first-order valence-electron chi connectivity index (χ1n) is 12.0. The summed E-state index contributed by atoms with van der Waals surface area (Å²) in [6.45, 7) is 12.8. The number of nitrogens with zero attached hydrogens (tertiary/aromatic N) is 1. The van der Waals surface area contributed by atoms with Crippen LogP contribution in [0, 0.1) is 24.2 Å². The number of ketones is 1. The highest BCUT2D eigenvalue weighted by Crippen LogP contribution is 2.31. The van der Waals surface area contributed by atoms with E-state index in [1.165, 1.54) is 0 Å². The Labute approximate surface area is 207 Å². The fraction of sp³-hybridized carbons (Fsp3) is 0.593. The molecule has 7 heteroatoms. The monoisotopic (exact) mass is 488 g/mol. The normalized spacial score (nSPS) is 32.6. The molecule has 0 bridgehead atoms.